The van der Waals surface area contributed by atoms with Crippen molar-refractivity contribution in [2.45, 2.75) is 104 Å². The summed E-state index contributed by atoms with van der Waals surface area (Å²) in [6.07, 6.45) is 19.0. The molecule has 0 fully saturated rings. The third-order valence-corrected chi connectivity index (χ3v) is 6.34. The summed E-state index contributed by atoms with van der Waals surface area (Å²) in [7, 11) is 4.53. The lowest BCUT2D eigenvalue weighted by molar-refractivity contribution is -0.667. The van der Waals surface area contributed by atoms with Gasteiger partial charge >= 0.3 is 0 Å². The van der Waals surface area contributed by atoms with E-state index >= 15 is 0 Å². The molecule has 0 amide bonds. The zero-order valence-corrected chi connectivity index (χ0v) is 19.7. The minimum Gasteiger partial charge on any atom is -0.230 e. The van der Waals surface area contributed by atoms with Gasteiger partial charge < -0.3 is 0 Å². The molecule has 0 saturated heterocycles. The summed E-state index contributed by atoms with van der Waals surface area (Å²) in [4.78, 5) is 0. The van der Waals surface area contributed by atoms with Gasteiger partial charge in [-0.05, 0) is 25.0 Å². The topological polar surface area (TPSA) is 8.81 Å². The Morgan fingerprint density at radius 1 is 0.690 bits per heavy atom. The van der Waals surface area contributed by atoms with E-state index in [-0.39, 0.29) is 0 Å². The highest BCUT2D eigenvalue weighted by Crippen LogP contribution is 2.22. The Kier molecular flexibility index (Phi) is 11.1. The normalized spacial score (nSPS) is 11.3. The van der Waals surface area contributed by atoms with Gasteiger partial charge in [0, 0.05) is 12.8 Å². The Morgan fingerprint density at radius 3 is 1.83 bits per heavy atom. The van der Waals surface area contributed by atoms with Crippen molar-refractivity contribution in [2.75, 3.05) is 0 Å². The second kappa shape index (κ2) is 13.6. The van der Waals surface area contributed by atoms with Gasteiger partial charge in [-0.3, -0.25) is 0 Å². The van der Waals surface area contributed by atoms with Crippen molar-refractivity contribution in [3.05, 3.63) is 41.7 Å². The maximum Gasteiger partial charge on any atom is 0.288 e. The molecule has 1 aromatic heterocycles. The molecule has 2 rings (SSSR count). The molecule has 2 nitrogen and oxygen atoms in total. The van der Waals surface area contributed by atoms with Gasteiger partial charge in [-0.2, -0.15) is 0 Å². The number of hydrogen-bond donors (Lipinski definition) is 0. The molecule has 0 N–H and O–H groups in total. The number of aromatic nitrogens is 2. The minimum atomic E-state index is 1.20. The Labute approximate surface area is 180 Å². The molecule has 0 atom stereocenters. The molecule has 0 aliphatic carbocycles. The molecule has 0 spiro atoms. The largest absolute Gasteiger partial charge is 0.288 e. The third-order valence-electron chi connectivity index (χ3n) is 6.34. The number of unbranched alkanes of at least 4 members (excludes halogenated alkanes) is 10. The molecule has 162 valence electrons. The third kappa shape index (κ3) is 7.32. The summed E-state index contributed by atoms with van der Waals surface area (Å²) in [5.41, 5.74) is 4.42. The van der Waals surface area contributed by atoms with Crippen molar-refractivity contribution in [1.29, 1.82) is 0 Å². The van der Waals surface area contributed by atoms with E-state index in [1.54, 1.807) is 11.4 Å². The summed E-state index contributed by atoms with van der Waals surface area (Å²) in [6.45, 7) is 4.59. The van der Waals surface area contributed by atoms with E-state index in [0.717, 1.165) is 0 Å². The number of benzene rings is 1. The molecule has 2 heteroatoms. The fraction of sp³-hybridized carbons (Fsp3) is 0.667. The molecule has 29 heavy (non-hydrogen) atoms. The van der Waals surface area contributed by atoms with Crippen LogP contribution in [0.4, 0.5) is 0 Å². The predicted molar refractivity (Wildman–Crippen MR) is 126 cm³/mol. The molecule has 1 aromatic carbocycles. The van der Waals surface area contributed by atoms with E-state index < -0.39 is 0 Å². The number of rotatable bonds is 15. The van der Waals surface area contributed by atoms with Crippen LogP contribution < -0.4 is 4.57 Å². The molecular formula is C27H45N2+. The lowest BCUT2D eigenvalue weighted by Gasteiger charge is -2.04. The zero-order valence-electron chi connectivity index (χ0n) is 19.7. The highest BCUT2D eigenvalue weighted by molar-refractivity contribution is 5.53. The van der Waals surface area contributed by atoms with Crippen LogP contribution in [0.25, 0.3) is 11.4 Å². The molecule has 0 radical (unpaired) electrons. The first-order chi connectivity index (χ1) is 14.2. The average Bonchev–Trinajstić information content (AvgIpc) is 2.97. The van der Waals surface area contributed by atoms with E-state index in [4.69, 9.17) is 0 Å². The Hall–Kier alpha value is -1.57. The van der Waals surface area contributed by atoms with Gasteiger partial charge in [0.15, 0.2) is 0 Å². The van der Waals surface area contributed by atoms with Gasteiger partial charge in [-0.15, -0.1) is 0 Å². The molecular weight excluding hydrogens is 352 g/mol. The Morgan fingerprint density at radius 2 is 1.24 bits per heavy atom. The van der Waals surface area contributed by atoms with Gasteiger partial charge in [-0.25, -0.2) is 9.13 Å². The highest BCUT2D eigenvalue weighted by Gasteiger charge is 2.26. The van der Waals surface area contributed by atoms with Crippen LogP contribution in [-0.4, -0.2) is 4.57 Å². The zero-order chi connectivity index (χ0) is 20.9. The fourth-order valence-corrected chi connectivity index (χ4v) is 4.59. The first-order valence-electron chi connectivity index (χ1n) is 12.3. The van der Waals surface area contributed by atoms with E-state index in [1.807, 2.05) is 0 Å². The Balaban J connectivity index is 1.90. The summed E-state index contributed by atoms with van der Waals surface area (Å²) in [6, 6.07) is 10.9. The number of nitrogens with zero attached hydrogens (tertiary/aromatic N) is 2. The van der Waals surface area contributed by atoms with Gasteiger partial charge in [-0.1, -0.05) is 96.3 Å². The van der Waals surface area contributed by atoms with Gasteiger partial charge in [0.1, 0.15) is 11.4 Å². The van der Waals surface area contributed by atoms with E-state index in [9.17, 15) is 0 Å². The van der Waals surface area contributed by atoms with E-state index in [0.29, 0.717) is 0 Å². The monoisotopic (exact) mass is 397 g/mol. The summed E-state index contributed by atoms with van der Waals surface area (Å²) in [5.74, 6) is 1.35. The summed E-state index contributed by atoms with van der Waals surface area (Å²) >= 11 is 0. The SMILES string of the molecule is CCCCCCCCCCCCc1c(CCCC)[n+](C)c(-c2ccccc2)n1C. The predicted octanol–water partition coefficient (Wildman–Crippen LogP) is 7.32. The maximum absolute atomic E-state index is 2.47. The van der Waals surface area contributed by atoms with Crippen LogP contribution in [0, 0.1) is 0 Å². The molecule has 1 heterocycles. The number of imidazole rings is 1. The fourth-order valence-electron chi connectivity index (χ4n) is 4.59. The lowest BCUT2D eigenvalue weighted by atomic mass is 10.0. The smallest absolute Gasteiger partial charge is 0.230 e. The Bertz CT molecular complexity index is 684. The van der Waals surface area contributed by atoms with E-state index in [1.165, 1.54) is 101 Å². The van der Waals surface area contributed by atoms with Gasteiger partial charge in [0.25, 0.3) is 5.82 Å². The lowest BCUT2D eigenvalue weighted by Crippen LogP contribution is -2.34. The summed E-state index contributed by atoms with van der Waals surface area (Å²) in [5, 5.41) is 0. The molecule has 0 aliphatic heterocycles. The van der Waals surface area contributed by atoms with Crippen molar-refractivity contribution in [1.82, 2.24) is 4.57 Å². The average molecular weight is 398 g/mol. The first-order valence-corrected chi connectivity index (χ1v) is 12.3. The van der Waals surface area contributed by atoms with Crippen molar-refractivity contribution < 1.29 is 4.57 Å². The second-order valence-corrected chi connectivity index (χ2v) is 8.74. The highest BCUT2D eigenvalue weighted by atomic mass is 15.2. The number of hydrogen-bond acceptors (Lipinski definition) is 0. The van der Waals surface area contributed by atoms with Crippen LogP contribution in [0.15, 0.2) is 30.3 Å². The van der Waals surface area contributed by atoms with E-state index in [2.05, 4.69) is 67.4 Å². The van der Waals surface area contributed by atoms with Crippen molar-refractivity contribution in [2.24, 2.45) is 14.1 Å². The van der Waals surface area contributed by atoms with Crippen LogP contribution in [-0.2, 0) is 26.9 Å². The first kappa shape index (κ1) is 23.7. The molecule has 2 aromatic rings. The van der Waals surface area contributed by atoms with Crippen LogP contribution in [0.2, 0.25) is 0 Å². The van der Waals surface area contributed by atoms with Gasteiger partial charge in [0.2, 0.25) is 0 Å². The van der Waals surface area contributed by atoms with Crippen molar-refractivity contribution in [3.8, 4) is 11.4 Å². The molecule has 0 aliphatic rings. The van der Waals surface area contributed by atoms with Gasteiger partial charge in [0.05, 0.1) is 19.7 Å². The van der Waals surface area contributed by atoms with Crippen LogP contribution in [0.5, 0.6) is 0 Å². The quantitative estimate of drug-likeness (QED) is 0.220. The van der Waals surface area contributed by atoms with Crippen LogP contribution >= 0.6 is 0 Å². The molecule has 0 saturated carbocycles. The van der Waals surface area contributed by atoms with Crippen LogP contribution in [0.1, 0.15) is 102 Å². The second-order valence-electron chi connectivity index (χ2n) is 8.74. The minimum absolute atomic E-state index is 1.20. The standard InChI is InChI=1S/C27H45N2/c1-5-7-9-10-11-12-13-14-15-19-23-26-25(22-8-6-2)28(3)27(29(26)4)24-20-17-16-18-21-24/h16-18,20-21H,5-15,19,22-23H2,1-4H3/q+1. The molecule has 0 unspecified atom stereocenters. The van der Waals surface area contributed by atoms with Crippen molar-refractivity contribution in [3.63, 3.8) is 0 Å². The van der Waals surface area contributed by atoms with Crippen LogP contribution in [0.3, 0.4) is 0 Å². The summed E-state index contributed by atoms with van der Waals surface area (Å²) < 4.78 is 4.92. The molecule has 0 bridgehead atoms. The van der Waals surface area contributed by atoms with Crippen molar-refractivity contribution >= 4 is 0 Å². The maximum atomic E-state index is 2.47.